The summed E-state index contributed by atoms with van der Waals surface area (Å²) in [6, 6.07) is 9.57. The lowest BCUT2D eigenvalue weighted by molar-refractivity contribution is -0.156. The zero-order valence-electron chi connectivity index (χ0n) is 21.3. The second-order valence-corrected chi connectivity index (χ2v) is 10.2. The van der Waals surface area contributed by atoms with Gasteiger partial charge in [-0.05, 0) is 87.3 Å². The van der Waals surface area contributed by atoms with E-state index in [0.717, 1.165) is 27.8 Å². The standard InChI is InChI=1S/C28H30FNO6S/c1-6-8-20-13-19(14-22(34-7-2)25(20)35-17-18-9-11-21(29)12-10-18)15-23-26(32)30(27(33)37-23)16-24(31)36-28(3,4)5/h6,9-15H,1,7-8,16-17H2,2-5H3. The van der Waals surface area contributed by atoms with Gasteiger partial charge in [-0.15, -0.1) is 6.58 Å². The number of thioether (sulfide) groups is 1. The summed E-state index contributed by atoms with van der Waals surface area (Å²) < 4.78 is 30.4. The largest absolute Gasteiger partial charge is 0.490 e. The summed E-state index contributed by atoms with van der Waals surface area (Å²) in [5.41, 5.74) is 1.45. The second kappa shape index (κ2) is 12.1. The normalized spacial score (nSPS) is 14.7. The van der Waals surface area contributed by atoms with E-state index in [9.17, 15) is 18.8 Å². The molecule has 3 rings (SSSR count). The van der Waals surface area contributed by atoms with Crippen molar-refractivity contribution >= 4 is 35.0 Å². The number of imide groups is 1. The lowest BCUT2D eigenvalue weighted by Crippen LogP contribution is -2.37. The molecule has 0 spiro atoms. The van der Waals surface area contributed by atoms with Gasteiger partial charge in [0.1, 0.15) is 24.6 Å². The number of carbonyl (C=O) groups is 3. The Morgan fingerprint density at radius 1 is 1.14 bits per heavy atom. The Labute approximate surface area is 220 Å². The van der Waals surface area contributed by atoms with Gasteiger partial charge >= 0.3 is 5.97 Å². The minimum Gasteiger partial charge on any atom is -0.490 e. The molecule has 0 saturated carbocycles. The molecule has 0 atom stereocenters. The summed E-state index contributed by atoms with van der Waals surface area (Å²) in [6.07, 6.45) is 3.76. The van der Waals surface area contributed by atoms with Crippen molar-refractivity contribution in [1.82, 2.24) is 4.90 Å². The lowest BCUT2D eigenvalue weighted by atomic mass is 10.0. The van der Waals surface area contributed by atoms with Gasteiger partial charge in [0.2, 0.25) is 0 Å². The molecule has 2 aromatic rings. The van der Waals surface area contributed by atoms with Gasteiger partial charge in [-0.2, -0.15) is 0 Å². The van der Waals surface area contributed by atoms with Crippen molar-refractivity contribution in [3.63, 3.8) is 0 Å². The van der Waals surface area contributed by atoms with Crippen molar-refractivity contribution in [2.24, 2.45) is 0 Å². The van der Waals surface area contributed by atoms with E-state index in [1.807, 2.05) is 13.0 Å². The molecular formula is C28H30FNO6S. The number of carbonyl (C=O) groups excluding carboxylic acids is 3. The van der Waals surface area contributed by atoms with Gasteiger partial charge in [0.15, 0.2) is 11.5 Å². The van der Waals surface area contributed by atoms with Crippen molar-refractivity contribution in [3.8, 4) is 11.5 Å². The molecule has 1 saturated heterocycles. The monoisotopic (exact) mass is 527 g/mol. The van der Waals surface area contributed by atoms with Gasteiger partial charge in [-0.3, -0.25) is 19.3 Å². The zero-order valence-corrected chi connectivity index (χ0v) is 22.2. The third-order valence-electron chi connectivity index (χ3n) is 4.99. The number of allylic oxidation sites excluding steroid dienone is 1. The van der Waals surface area contributed by atoms with Crippen LogP contribution in [0.4, 0.5) is 9.18 Å². The molecule has 1 heterocycles. The number of rotatable bonds is 10. The quantitative estimate of drug-likeness (QED) is 0.216. The highest BCUT2D eigenvalue weighted by Crippen LogP contribution is 2.38. The summed E-state index contributed by atoms with van der Waals surface area (Å²) in [4.78, 5) is 38.6. The number of nitrogens with zero attached hydrogens (tertiary/aromatic N) is 1. The molecule has 0 aromatic heterocycles. The number of hydrogen-bond donors (Lipinski definition) is 0. The smallest absolute Gasteiger partial charge is 0.326 e. The maximum absolute atomic E-state index is 13.2. The van der Waals surface area contributed by atoms with Crippen LogP contribution in [-0.2, 0) is 27.4 Å². The average molecular weight is 528 g/mol. The van der Waals surface area contributed by atoms with Crippen LogP contribution in [0.1, 0.15) is 44.4 Å². The Morgan fingerprint density at radius 3 is 2.46 bits per heavy atom. The number of benzene rings is 2. The van der Waals surface area contributed by atoms with Crippen molar-refractivity contribution < 1.29 is 33.0 Å². The first kappa shape index (κ1) is 28.0. The van der Waals surface area contributed by atoms with Crippen LogP contribution in [0.15, 0.2) is 54.0 Å². The number of hydrogen-bond acceptors (Lipinski definition) is 7. The van der Waals surface area contributed by atoms with Crippen LogP contribution in [0.3, 0.4) is 0 Å². The Morgan fingerprint density at radius 2 is 1.84 bits per heavy atom. The van der Waals surface area contributed by atoms with Crippen LogP contribution in [0, 0.1) is 5.82 Å². The van der Waals surface area contributed by atoms with Gasteiger partial charge in [-0.1, -0.05) is 18.2 Å². The number of ether oxygens (including phenoxy) is 3. The van der Waals surface area contributed by atoms with Crippen molar-refractivity contribution in [1.29, 1.82) is 0 Å². The van der Waals surface area contributed by atoms with Gasteiger partial charge in [0, 0.05) is 5.56 Å². The molecule has 37 heavy (non-hydrogen) atoms. The van der Waals surface area contributed by atoms with E-state index < -0.39 is 29.3 Å². The predicted molar refractivity (Wildman–Crippen MR) is 141 cm³/mol. The Kier molecular flexibility index (Phi) is 9.15. The lowest BCUT2D eigenvalue weighted by Gasteiger charge is -2.21. The molecule has 0 N–H and O–H groups in total. The van der Waals surface area contributed by atoms with E-state index in [-0.39, 0.29) is 17.3 Å². The maximum atomic E-state index is 13.2. The first-order chi connectivity index (χ1) is 17.5. The first-order valence-electron chi connectivity index (χ1n) is 11.8. The maximum Gasteiger partial charge on any atom is 0.326 e. The van der Waals surface area contributed by atoms with Crippen LogP contribution in [0.2, 0.25) is 0 Å². The van der Waals surface area contributed by atoms with Gasteiger partial charge in [-0.25, -0.2) is 4.39 Å². The Hall–Kier alpha value is -3.59. The molecule has 1 aliphatic heterocycles. The fourth-order valence-corrected chi connectivity index (χ4v) is 4.37. The average Bonchev–Trinajstić information content (AvgIpc) is 3.06. The summed E-state index contributed by atoms with van der Waals surface area (Å²) in [5.74, 6) is -0.582. The Balaban J connectivity index is 1.87. The van der Waals surface area contributed by atoms with E-state index in [1.165, 1.54) is 12.1 Å². The SMILES string of the molecule is C=CCc1cc(C=C2SC(=O)N(CC(=O)OC(C)(C)C)C2=O)cc(OCC)c1OCc1ccc(F)cc1. The molecule has 0 radical (unpaired) electrons. The third-order valence-corrected chi connectivity index (χ3v) is 5.90. The number of amides is 2. The van der Waals surface area contributed by atoms with E-state index >= 15 is 0 Å². The molecule has 7 nitrogen and oxygen atoms in total. The molecule has 9 heteroatoms. The molecule has 0 aliphatic carbocycles. The topological polar surface area (TPSA) is 82.1 Å². The summed E-state index contributed by atoms with van der Waals surface area (Å²) in [5, 5.41) is -0.544. The van der Waals surface area contributed by atoms with Crippen LogP contribution in [-0.4, -0.2) is 40.8 Å². The van der Waals surface area contributed by atoms with Crippen LogP contribution in [0.25, 0.3) is 6.08 Å². The highest BCUT2D eigenvalue weighted by molar-refractivity contribution is 8.18. The summed E-state index contributed by atoms with van der Waals surface area (Å²) >= 11 is 0.756. The summed E-state index contributed by atoms with van der Waals surface area (Å²) in [6.45, 7) is 10.9. The van der Waals surface area contributed by atoms with Gasteiger partial charge < -0.3 is 14.2 Å². The van der Waals surface area contributed by atoms with Crippen molar-refractivity contribution in [2.45, 2.75) is 46.3 Å². The fraction of sp³-hybridized carbons (Fsp3) is 0.321. The first-order valence-corrected chi connectivity index (χ1v) is 12.6. The summed E-state index contributed by atoms with van der Waals surface area (Å²) in [7, 11) is 0. The minimum absolute atomic E-state index is 0.181. The molecule has 0 unspecified atom stereocenters. The van der Waals surface area contributed by atoms with Gasteiger partial charge in [0.05, 0.1) is 11.5 Å². The van der Waals surface area contributed by atoms with E-state index in [2.05, 4.69) is 6.58 Å². The van der Waals surface area contributed by atoms with Crippen LogP contribution >= 0.6 is 11.8 Å². The molecular weight excluding hydrogens is 497 g/mol. The van der Waals surface area contributed by atoms with Crippen LogP contribution in [0.5, 0.6) is 11.5 Å². The molecule has 2 amide bonds. The van der Waals surface area contributed by atoms with Crippen LogP contribution < -0.4 is 9.47 Å². The third kappa shape index (κ3) is 7.69. The van der Waals surface area contributed by atoms with E-state index in [0.29, 0.717) is 30.1 Å². The molecule has 196 valence electrons. The molecule has 1 fully saturated rings. The molecule has 0 bridgehead atoms. The Bertz CT molecular complexity index is 1220. The second-order valence-electron chi connectivity index (χ2n) is 9.20. The zero-order chi connectivity index (χ0) is 27.2. The van der Waals surface area contributed by atoms with Crippen molar-refractivity contribution in [2.75, 3.05) is 13.2 Å². The fourth-order valence-electron chi connectivity index (χ4n) is 3.53. The molecule has 2 aromatic carbocycles. The highest BCUT2D eigenvalue weighted by Gasteiger charge is 2.37. The number of halogens is 1. The van der Waals surface area contributed by atoms with Crippen molar-refractivity contribution in [3.05, 3.63) is 76.5 Å². The molecule has 1 aliphatic rings. The van der Waals surface area contributed by atoms with E-state index in [1.54, 1.807) is 51.1 Å². The number of esters is 1. The minimum atomic E-state index is -0.730. The predicted octanol–water partition coefficient (Wildman–Crippen LogP) is 5.91. The highest BCUT2D eigenvalue weighted by atomic mass is 32.2. The van der Waals surface area contributed by atoms with Gasteiger partial charge in [0.25, 0.3) is 11.1 Å². The van der Waals surface area contributed by atoms with E-state index in [4.69, 9.17) is 14.2 Å².